The van der Waals surface area contributed by atoms with Gasteiger partial charge in [0.2, 0.25) is 0 Å². The summed E-state index contributed by atoms with van der Waals surface area (Å²) < 4.78 is 1.17. The molecule has 1 aliphatic rings. The standard InChI is InChI=1S/C23H27IN2/c1-6-11-26-22-12-16(2)18(13-19(22)17(3)14-23(26,4)5)15-25-21-10-8-7-9-20(21)24/h7-10,12-15H,6,11H2,1-5H3. The molecule has 3 heteroatoms. The van der Waals surface area contributed by atoms with Crippen molar-refractivity contribution in [3.63, 3.8) is 0 Å². The predicted octanol–water partition coefficient (Wildman–Crippen LogP) is 6.76. The van der Waals surface area contributed by atoms with Gasteiger partial charge in [-0.25, -0.2) is 0 Å². The number of aliphatic imine (C=N–C) groups is 1. The summed E-state index contributed by atoms with van der Waals surface area (Å²) in [4.78, 5) is 7.26. The third kappa shape index (κ3) is 3.73. The van der Waals surface area contributed by atoms with Crippen LogP contribution in [0, 0.1) is 10.5 Å². The highest BCUT2D eigenvalue weighted by molar-refractivity contribution is 14.1. The van der Waals surface area contributed by atoms with Gasteiger partial charge in [0.1, 0.15) is 0 Å². The molecule has 0 N–H and O–H groups in total. The molecule has 0 amide bonds. The molecule has 3 rings (SSSR count). The molecule has 2 aromatic rings. The van der Waals surface area contributed by atoms with Gasteiger partial charge >= 0.3 is 0 Å². The van der Waals surface area contributed by atoms with Crippen LogP contribution in [-0.2, 0) is 0 Å². The minimum atomic E-state index is 0.0509. The van der Waals surface area contributed by atoms with Crippen LogP contribution in [0.5, 0.6) is 0 Å². The molecule has 1 aliphatic heterocycles. The van der Waals surface area contributed by atoms with Gasteiger partial charge in [-0.3, -0.25) is 4.99 Å². The van der Waals surface area contributed by atoms with Crippen molar-refractivity contribution in [2.75, 3.05) is 11.4 Å². The average Bonchev–Trinajstić information content (AvgIpc) is 2.58. The van der Waals surface area contributed by atoms with Gasteiger partial charge in [-0.2, -0.15) is 0 Å². The van der Waals surface area contributed by atoms with Crippen molar-refractivity contribution in [2.45, 2.75) is 46.6 Å². The Kier molecular flexibility index (Phi) is 5.56. The molecule has 26 heavy (non-hydrogen) atoms. The van der Waals surface area contributed by atoms with Crippen LogP contribution in [-0.4, -0.2) is 18.3 Å². The molecule has 0 aromatic heterocycles. The highest BCUT2D eigenvalue weighted by Gasteiger charge is 2.30. The van der Waals surface area contributed by atoms with Gasteiger partial charge < -0.3 is 4.90 Å². The lowest BCUT2D eigenvalue weighted by Crippen LogP contribution is -2.45. The van der Waals surface area contributed by atoms with Gasteiger partial charge in [-0.1, -0.05) is 25.1 Å². The fraction of sp³-hybridized carbons (Fsp3) is 0.348. The molecule has 0 atom stereocenters. The Labute approximate surface area is 171 Å². The molecule has 0 aliphatic carbocycles. The summed E-state index contributed by atoms with van der Waals surface area (Å²) in [5, 5.41) is 0. The lowest BCUT2D eigenvalue weighted by atomic mass is 9.87. The second kappa shape index (κ2) is 7.55. The van der Waals surface area contributed by atoms with E-state index in [1.54, 1.807) is 0 Å². The number of para-hydroxylation sites is 1. The van der Waals surface area contributed by atoms with E-state index in [2.05, 4.69) is 92.5 Å². The minimum Gasteiger partial charge on any atom is -0.362 e. The first-order valence-electron chi connectivity index (χ1n) is 9.24. The zero-order valence-corrected chi connectivity index (χ0v) is 18.5. The largest absolute Gasteiger partial charge is 0.362 e. The zero-order chi connectivity index (χ0) is 18.9. The van der Waals surface area contributed by atoms with E-state index in [9.17, 15) is 0 Å². The second-order valence-corrected chi connectivity index (χ2v) is 8.73. The van der Waals surface area contributed by atoms with E-state index in [1.807, 2.05) is 18.3 Å². The number of fused-ring (bicyclic) bond motifs is 1. The molecule has 0 unspecified atom stereocenters. The number of aryl methyl sites for hydroxylation is 1. The van der Waals surface area contributed by atoms with E-state index in [4.69, 9.17) is 4.99 Å². The zero-order valence-electron chi connectivity index (χ0n) is 16.3. The first-order chi connectivity index (χ1) is 12.3. The van der Waals surface area contributed by atoms with Gasteiger partial charge in [-0.15, -0.1) is 0 Å². The summed E-state index contributed by atoms with van der Waals surface area (Å²) in [6, 6.07) is 12.9. The Hall–Kier alpha value is -1.62. The van der Waals surface area contributed by atoms with Crippen molar-refractivity contribution in [1.29, 1.82) is 0 Å². The molecular formula is C23H27IN2. The summed E-state index contributed by atoms with van der Waals surface area (Å²) in [5.41, 5.74) is 7.55. The fourth-order valence-electron chi connectivity index (χ4n) is 3.71. The monoisotopic (exact) mass is 458 g/mol. The minimum absolute atomic E-state index is 0.0509. The molecule has 1 heterocycles. The highest BCUT2D eigenvalue weighted by atomic mass is 127. The highest BCUT2D eigenvalue weighted by Crippen LogP contribution is 2.40. The summed E-state index contributed by atoms with van der Waals surface area (Å²) >= 11 is 2.34. The Morgan fingerprint density at radius 1 is 1.15 bits per heavy atom. The first-order valence-corrected chi connectivity index (χ1v) is 10.3. The summed E-state index contributed by atoms with van der Waals surface area (Å²) in [7, 11) is 0. The SMILES string of the molecule is CCCN1c2cc(C)c(C=Nc3ccccc3I)cc2C(C)=CC1(C)C. The van der Waals surface area contributed by atoms with Gasteiger partial charge in [0.25, 0.3) is 0 Å². The van der Waals surface area contributed by atoms with E-state index >= 15 is 0 Å². The van der Waals surface area contributed by atoms with Crippen LogP contribution in [0.1, 0.15) is 50.8 Å². The van der Waals surface area contributed by atoms with Gasteiger partial charge in [0.05, 0.1) is 11.2 Å². The maximum Gasteiger partial charge on any atom is 0.0763 e. The van der Waals surface area contributed by atoms with Crippen LogP contribution in [0.15, 0.2) is 47.5 Å². The van der Waals surface area contributed by atoms with Crippen molar-refractivity contribution in [1.82, 2.24) is 0 Å². The third-order valence-electron chi connectivity index (χ3n) is 5.01. The number of nitrogens with zero attached hydrogens (tertiary/aromatic N) is 2. The second-order valence-electron chi connectivity index (χ2n) is 7.57. The molecule has 136 valence electrons. The maximum atomic E-state index is 4.73. The number of hydrogen-bond donors (Lipinski definition) is 0. The molecule has 0 radical (unpaired) electrons. The van der Waals surface area contributed by atoms with Crippen LogP contribution in [0.4, 0.5) is 11.4 Å². The third-order valence-corrected chi connectivity index (χ3v) is 5.92. The quantitative estimate of drug-likeness (QED) is 0.365. The van der Waals surface area contributed by atoms with Crippen LogP contribution in [0.3, 0.4) is 0 Å². The summed E-state index contributed by atoms with van der Waals surface area (Å²) in [5.74, 6) is 0. The Morgan fingerprint density at radius 3 is 2.58 bits per heavy atom. The van der Waals surface area contributed by atoms with Crippen molar-refractivity contribution in [3.8, 4) is 0 Å². The fourth-order valence-corrected chi connectivity index (χ4v) is 4.24. The molecule has 0 saturated carbocycles. The van der Waals surface area contributed by atoms with E-state index in [0.29, 0.717) is 0 Å². The van der Waals surface area contributed by atoms with Crippen molar-refractivity contribution < 1.29 is 0 Å². The van der Waals surface area contributed by atoms with Crippen LogP contribution >= 0.6 is 22.6 Å². The molecule has 0 bridgehead atoms. The molecule has 0 spiro atoms. The van der Waals surface area contributed by atoms with Crippen molar-refractivity contribution >= 4 is 45.8 Å². The van der Waals surface area contributed by atoms with Gasteiger partial charge in [0.15, 0.2) is 0 Å². The van der Waals surface area contributed by atoms with Crippen LogP contribution in [0.2, 0.25) is 0 Å². The summed E-state index contributed by atoms with van der Waals surface area (Å²) in [6.45, 7) is 12.3. The number of halogens is 1. The van der Waals surface area contributed by atoms with E-state index in [0.717, 1.165) is 18.7 Å². The number of benzene rings is 2. The Morgan fingerprint density at radius 2 is 1.88 bits per heavy atom. The van der Waals surface area contributed by atoms with Gasteiger partial charge in [0, 0.05) is 27.6 Å². The lowest BCUT2D eigenvalue weighted by molar-refractivity contribution is 0.550. The first kappa shape index (κ1) is 19.2. The maximum absolute atomic E-state index is 4.73. The molecule has 2 nitrogen and oxygen atoms in total. The molecule has 0 fully saturated rings. The Bertz CT molecular complexity index is 878. The predicted molar refractivity (Wildman–Crippen MR) is 123 cm³/mol. The topological polar surface area (TPSA) is 15.6 Å². The Balaban J connectivity index is 2.04. The number of anilines is 1. The molecule has 0 saturated heterocycles. The van der Waals surface area contributed by atoms with E-state index in [-0.39, 0.29) is 5.54 Å². The smallest absolute Gasteiger partial charge is 0.0763 e. The number of hydrogen-bond acceptors (Lipinski definition) is 2. The van der Waals surface area contributed by atoms with Gasteiger partial charge in [-0.05, 0) is 97.7 Å². The van der Waals surface area contributed by atoms with Crippen LogP contribution < -0.4 is 4.90 Å². The molecular weight excluding hydrogens is 431 g/mol. The lowest BCUT2D eigenvalue weighted by Gasteiger charge is -2.43. The normalized spacial score (nSPS) is 15.9. The van der Waals surface area contributed by atoms with Crippen molar-refractivity contribution in [3.05, 3.63) is 62.7 Å². The summed E-state index contributed by atoms with van der Waals surface area (Å²) in [6.07, 6.45) is 5.54. The number of allylic oxidation sites excluding steroid dienone is 1. The van der Waals surface area contributed by atoms with Crippen LogP contribution in [0.25, 0.3) is 5.57 Å². The van der Waals surface area contributed by atoms with Crippen molar-refractivity contribution in [2.24, 2.45) is 4.99 Å². The van der Waals surface area contributed by atoms with E-state index < -0.39 is 0 Å². The molecule has 2 aromatic carbocycles. The van der Waals surface area contributed by atoms with E-state index in [1.165, 1.54) is 31.5 Å². The number of rotatable bonds is 4. The average molecular weight is 458 g/mol.